The molecule has 1 N–H and O–H groups in total. The monoisotopic (exact) mass is 375 g/mol. The van der Waals surface area contributed by atoms with E-state index in [1.807, 2.05) is 11.3 Å². The lowest BCUT2D eigenvalue weighted by molar-refractivity contribution is 0.117. The fourth-order valence-electron chi connectivity index (χ4n) is 3.41. The van der Waals surface area contributed by atoms with E-state index in [9.17, 15) is 0 Å². The normalized spacial score (nSPS) is 25.6. The van der Waals surface area contributed by atoms with E-state index in [0.29, 0.717) is 11.5 Å². The lowest BCUT2D eigenvalue weighted by atomic mass is 9.67. The summed E-state index contributed by atoms with van der Waals surface area (Å²) in [6.45, 7) is 3.60. The van der Waals surface area contributed by atoms with Crippen LogP contribution in [0.2, 0.25) is 0 Å². The van der Waals surface area contributed by atoms with Crippen molar-refractivity contribution in [1.82, 2.24) is 5.32 Å². The fourth-order valence-corrected chi connectivity index (χ4v) is 5.52. The van der Waals surface area contributed by atoms with Crippen LogP contribution >= 0.6 is 33.9 Å². The molecular weight excluding hydrogens is 353 g/mol. The molecule has 0 amide bonds. The third-order valence-corrected chi connectivity index (χ3v) is 6.94. The molecule has 2 aliphatic rings. The molecule has 18 heavy (non-hydrogen) atoms. The molecule has 1 aromatic rings. The van der Waals surface area contributed by atoms with Crippen LogP contribution in [0.5, 0.6) is 0 Å². The van der Waals surface area contributed by atoms with Crippen LogP contribution in [0, 0.1) is 8.30 Å². The molecule has 0 aliphatic heterocycles. The van der Waals surface area contributed by atoms with E-state index in [-0.39, 0.29) is 0 Å². The van der Waals surface area contributed by atoms with Crippen molar-refractivity contribution in [3.05, 3.63) is 19.4 Å². The first-order valence-corrected chi connectivity index (χ1v) is 9.13. The van der Waals surface area contributed by atoms with Crippen LogP contribution in [0.15, 0.2) is 6.07 Å². The zero-order valence-corrected chi connectivity index (χ0v) is 14.1. The molecule has 0 saturated heterocycles. The van der Waals surface area contributed by atoms with Gasteiger partial charge in [-0.2, -0.15) is 0 Å². The van der Waals surface area contributed by atoms with Gasteiger partial charge in [0.05, 0.1) is 2.88 Å². The molecule has 1 fully saturated rings. The minimum Gasteiger partial charge on any atom is -0.309 e. The molecule has 2 aliphatic carbocycles. The number of rotatable bonds is 4. The molecule has 0 bridgehead atoms. The molecule has 1 saturated carbocycles. The van der Waals surface area contributed by atoms with Gasteiger partial charge in [0.15, 0.2) is 0 Å². The molecular formula is C15H22INS. The Morgan fingerprint density at radius 1 is 1.44 bits per heavy atom. The maximum Gasteiger partial charge on any atom is 0.0659 e. The zero-order chi connectivity index (χ0) is 12.6. The van der Waals surface area contributed by atoms with E-state index in [4.69, 9.17) is 0 Å². The van der Waals surface area contributed by atoms with Gasteiger partial charge in [-0.15, -0.1) is 11.3 Å². The summed E-state index contributed by atoms with van der Waals surface area (Å²) in [5.74, 6) is 0. The highest BCUT2D eigenvalue weighted by Crippen LogP contribution is 2.44. The summed E-state index contributed by atoms with van der Waals surface area (Å²) in [4.78, 5) is 1.64. The minimum atomic E-state index is 0.637. The van der Waals surface area contributed by atoms with E-state index in [1.54, 1.807) is 10.4 Å². The third-order valence-electron chi connectivity index (χ3n) is 4.97. The Kier molecular flexibility index (Phi) is 4.02. The summed E-state index contributed by atoms with van der Waals surface area (Å²) < 4.78 is 1.46. The Morgan fingerprint density at radius 3 is 2.94 bits per heavy atom. The van der Waals surface area contributed by atoms with Crippen molar-refractivity contribution >= 4 is 33.9 Å². The smallest absolute Gasteiger partial charge is 0.0659 e. The van der Waals surface area contributed by atoms with Gasteiger partial charge in [0.2, 0.25) is 0 Å². The Morgan fingerprint density at radius 2 is 2.28 bits per heavy atom. The Hall–Kier alpha value is 0.390. The molecule has 0 spiro atoms. The predicted molar refractivity (Wildman–Crippen MR) is 87.3 cm³/mol. The lowest BCUT2D eigenvalue weighted by Gasteiger charge is -2.43. The van der Waals surface area contributed by atoms with Gasteiger partial charge in [0, 0.05) is 17.5 Å². The van der Waals surface area contributed by atoms with Crippen LogP contribution in [-0.2, 0) is 6.42 Å². The maximum absolute atomic E-state index is 3.89. The second kappa shape index (κ2) is 5.41. The van der Waals surface area contributed by atoms with Crippen molar-refractivity contribution in [2.24, 2.45) is 5.41 Å². The van der Waals surface area contributed by atoms with Crippen molar-refractivity contribution in [2.75, 3.05) is 6.54 Å². The van der Waals surface area contributed by atoms with Crippen LogP contribution < -0.4 is 5.32 Å². The molecule has 0 aromatic carbocycles. The maximum atomic E-state index is 3.89. The number of halogens is 1. The molecule has 1 heterocycles. The highest BCUT2D eigenvalue weighted by molar-refractivity contribution is 14.1. The van der Waals surface area contributed by atoms with Crippen LogP contribution in [0.25, 0.3) is 0 Å². The van der Waals surface area contributed by atoms with Crippen molar-refractivity contribution < 1.29 is 0 Å². The summed E-state index contributed by atoms with van der Waals surface area (Å²) in [5, 5.41) is 3.89. The minimum absolute atomic E-state index is 0.637. The highest BCUT2D eigenvalue weighted by atomic mass is 127. The van der Waals surface area contributed by atoms with E-state index >= 15 is 0 Å². The largest absolute Gasteiger partial charge is 0.309 e. The predicted octanol–water partition coefficient (Wildman–Crippen LogP) is 4.90. The van der Waals surface area contributed by atoms with Crippen LogP contribution in [0.1, 0.15) is 61.9 Å². The van der Waals surface area contributed by atoms with Gasteiger partial charge < -0.3 is 5.32 Å². The third kappa shape index (κ3) is 2.50. The first kappa shape index (κ1) is 13.4. The molecule has 3 heteroatoms. The molecule has 1 nitrogen and oxygen atoms in total. The molecule has 3 rings (SSSR count). The summed E-state index contributed by atoms with van der Waals surface area (Å²) in [6.07, 6.45) is 9.68. The molecule has 1 unspecified atom stereocenters. The van der Waals surface area contributed by atoms with Crippen LogP contribution in [0.3, 0.4) is 0 Å². The van der Waals surface area contributed by atoms with Gasteiger partial charge in [-0.25, -0.2) is 0 Å². The SMILES string of the molecule is CCC1(CNC2CCCc3sc(I)cc32)CCC1. The van der Waals surface area contributed by atoms with Gasteiger partial charge in [-0.1, -0.05) is 13.3 Å². The number of hydrogen-bond donors (Lipinski definition) is 1. The number of thiophene rings is 1. The van der Waals surface area contributed by atoms with E-state index in [0.717, 1.165) is 0 Å². The molecule has 1 aromatic heterocycles. The fraction of sp³-hybridized carbons (Fsp3) is 0.733. The lowest BCUT2D eigenvalue weighted by Crippen LogP contribution is -2.41. The number of aryl methyl sites for hydroxylation is 1. The van der Waals surface area contributed by atoms with Crippen molar-refractivity contribution in [3.63, 3.8) is 0 Å². The van der Waals surface area contributed by atoms with E-state index in [1.165, 1.54) is 54.4 Å². The molecule has 1 atom stereocenters. The number of nitrogens with one attached hydrogen (secondary N) is 1. The second-order valence-corrected chi connectivity index (χ2v) is 8.99. The summed E-state index contributed by atoms with van der Waals surface area (Å²) in [5.41, 5.74) is 2.25. The Labute approximate surface area is 128 Å². The van der Waals surface area contributed by atoms with Gasteiger partial charge in [-0.3, -0.25) is 0 Å². The van der Waals surface area contributed by atoms with E-state index < -0.39 is 0 Å². The number of fused-ring (bicyclic) bond motifs is 1. The quantitative estimate of drug-likeness (QED) is 0.738. The zero-order valence-electron chi connectivity index (χ0n) is 11.1. The Balaban J connectivity index is 1.67. The van der Waals surface area contributed by atoms with Gasteiger partial charge >= 0.3 is 0 Å². The van der Waals surface area contributed by atoms with Crippen molar-refractivity contribution in [2.45, 2.75) is 57.9 Å². The first-order chi connectivity index (χ1) is 8.72. The Bertz CT molecular complexity index is 417. The molecule has 0 radical (unpaired) electrons. The van der Waals surface area contributed by atoms with Crippen LogP contribution in [-0.4, -0.2) is 6.54 Å². The number of hydrogen-bond acceptors (Lipinski definition) is 2. The van der Waals surface area contributed by atoms with Crippen molar-refractivity contribution in [3.8, 4) is 0 Å². The first-order valence-electron chi connectivity index (χ1n) is 7.24. The average Bonchev–Trinajstić information content (AvgIpc) is 2.69. The average molecular weight is 375 g/mol. The topological polar surface area (TPSA) is 12.0 Å². The summed E-state index contributed by atoms with van der Waals surface area (Å²) >= 11 is 4.47. The molecule has 100 valence electrons. The van der Waals surface area contributed by atoms with Gasteiger partial charge in [0.1, 0.15) is 0 Å². The van der Waals surface area contributed by atoms with Crippen molar-refractivity contribution in [1.29, 1.82) is 0 Å². The van der Waals surface area contributed by atoms with Gasteiger partial charge in [0.25, 0.3) is 0 Å². The van der Waals surface area contributed by atoms with Gasteiger partial charge in [-0.05, 0) is 78.2 Å². The summed E-state index contributed by atoms with van der Waals surface area (Å²) in [6, 6.07) is 3.05. The highest BCUT2D eigenvalue weighted by Gasteiger charge is 2.35. The standard InChI is InChI=1S/C15H22INS/c1-2-15(7-4-8-15)10-17-12-5-3-6-13-11(12)9-14(16)18-13/h9,12,17H,2-8,10H2,1H3. The van der Waals surface area contributed by atoms with Crippen LogP contribution in [0.4, 0.5) is 0 Å². The second-order valence-electron chi connectivity index (χ2n) is 5.96. The van der Waals surface area contributed by atoms with E-state index in [2.05, 4.69) is 40.9 Å². The summed E-state index contributed by atoms with van der Waals surface area (Å²) in [7, 11) is 0.